The van der Waals surface area contributed by atoms with Gasteiger partial charge in [-0.25, -0.2) is 0 Å². The summed E-state index contributed by atoms with van der Waals surface area (Å²) in [5, 5.41) is 0.208. The van der Waals surface area contributed by atoms with Crippen LogP contribution in [-0.2, 0) is 9.53 Å². The van der Waals surface area contributed by atoms with Crippen LogP contribution in [0.1, 0.15) is 27.2 Å². The summed E-state index contributed by atoms with van der Waals surface area (Å²) in [6, 6.07) is 0. The molecule has 0 aromatic carbocycles. The Morgan fingerprint density at radius 2 is 2.27 bits per heavy atom. The monoisotopic (exact) mass is 233 g/mol. The van der Waals surface area contributed by atoms with Gasteiger partial charge < -0.3 is 9.64 Å². The van der Waals surface area contributed by atoms with E-state index in [-0.39, 0.29) is 24.0 Å². The zero-order valence-corrected chi connectivity index (χ0v) is 10.5. The fourth-order valence-corrected chi connectivity index (χ4v) is 1.85. The molecule has 2 atom stereocenters. The summed E-state index contributed by atoms with van der Waals surface area (Å²) < 4.78 is 5.29. The average Bonchev–Trinajstić information content (AvgIpc) is 2.18. The summed E-state index contributed by atoms with van der Waals surface area (Å²) in [5.74, 6) is 0.461. The lowest BCUT2D eigenvalue weighted by Crippen LogP contribution is -2.45. The van der Waals surface area contributed by atoms with Crippen molar-refractivity contribution in [1.82, 2.24) is 4.90 Å². The molecule has 0 aliphatic carbocycles. The van der Waals surface area contributed by atoms with Gasteiger partial charge >= 0.3 is 0 Å². The van der Waals surface area contributed by atoms with Crippen LogP contribution in [0.5, 0.6) is 0 Å². The Balaban J connectivity index is 2.34. The van der Waals surface area contributed by atoms with Crippen molar-refractivity contribution in [3.8, 4) is 0 Å². The van der Waals surface area contributed by atoms with E-state index in [9.17, 15) is 4.79 Å². The fourth-order valence-electron chi connectivity index (χ4n) is 1.67. The van der Waals surface area contributed by atoms with Gasteiger partial charge in [-0.05, 0) is 26.2 Å². The molecule has 1 heterocycles. The Kier molecular flexibility index (Phi) is 4.87. The summed E-state index contributed by atoms with van der Waals surface area (Å²) >= 11 is 6.10. The second-order valence-corrected chi connectivity index (χ2v) is 5.04. The predicted octanol–water partition coefficient (Wildman–Crippen LogP) is 1.89. The van der Waals surface area contributed by atoms with Crippen molar-refractivity contribution in [3.63, 3.8) is 0 Å². The van der Waals surface area contributed by atoms with Gasteiger partial charge in [-0.1, -0.05) is 6.92 Å². The molecule has 1 rings (SSSR count). The third-order valence-electron chi connectivity index (χ3n) is 2.69. The molecule has 88 valence electrons. The van der Waals surface area contributed by atoms with Crippen LogP contribution < -0.4 is 0 Å². The maximum atomic E-state index is 11.7. The number of halogens is 1. The molecule has 4 heteroatoms. The van der Waals surface area contributed by atoms with Crippen LogP contribution in [0.25, 0.3) is 0 Å². The van der Waals surface area contributed by atoms with Gasteiger partial charge in [-0.3, -0.25) is 4.79 Å². The quantitative estimate of drug-likeness (QED) is 0.697. The number of nitrogens with zero attached hydrogens (tertiary/aromatic N) is 1. The number of likely N-dealkylation sites (tertiary alicyclic amines) is 1. The lowest BCUT2D eigenvalue weighted by atomic mass is 10.00. The van der Waals surface area contributed by atoms with Crippen molar-refractivity contribution in [1.29, 1.82) is 0 Å². The van der Waals surface area contributed by atoms with E-state index in [4.69, 9.17) is 16.3 Å². The van der Waals surface area contributed by atoms with E-state index in [2.05, 4.69) is 6.92 Å². The molecule has 0 N–H and O–H groups in total. The molecule has 3 nitrogen and oxygen atoms in total. The number of amides is 1. The van der Waals surface area contributed by atoms with Gasteiger partial charge in [0.15, 0.2) is 0 Å². The van der Waals surface area contributed by atoms with Crippen LogP contribution in [0.2, 0.25) is 0 Å². The first-order valence-corrected chi connectivity index (χ1v) is 5.97. The number of alkyl halides is 1. The number of ether oxygens (including phenoxy) is 1. The van der Waals surface area contributed by atoms with Gasteiger partial charge in [-0.2, -0.15) is 0 Å². The highest BCUT2D eigenvalue weighted by atomic mass is 35.5. The van der Waals surface area contributed by atoms with Gasteiger partial charge in [-0.15, -0.1) is 11.6 Å². The van der Waals surface area contributed by atoms with Gasteiger partial charge in [0.2, 0.25) is 5.91 Å². The van der Waals surface area contributed by atoms with Gasteiger partial charge in [0.05, 0.1) is 6.10 Å². The molecule has 15 heavy (non-hydrogen) atoms. The topological polar surface area (TPSA) is 29.5 Å². The van der Waals surface area contributed by atoms with E-state index >= 15 is 0 Å². The molecule has 1 saturated heterocycles. The first-order valence-electron chi connectivity index (χ1n) is 5.54. The van der Waals surface area contributed by atoms with Crippen molar-refractivity contribution in [2.45, 2.75) is 38.7 Å². The van der Waals surface area contributed by atoms with E-state index in [1.165, 1.54) is 0 Å². The molecule has 0 bridgehead atoms. The van der Waals surface area contributed by atoms with E-state index < -0.39 is 0 Å². The highest BCUT2D eigenvalue weighted by molar-refractivity contribution is 6.20. The van der Waals surface area contributed by atoms with Crippen molar-refractivity contribution in [2.24, 2.45) is 5.92 Å². The molecule has 0 radical (unpaired) electrons. The Labute approximate surface area is 96.7 Å². The molecule has 0 spiro atoms. The number of carbonyl (C=O) groups excluding carboxylic acids is 1. The number of hydrogen-bond acceptors (Lipinski definition) is 2. The molecule has 1 fully saturated rings. The number of rotatable bonds is 3. The van der Waals surface area contributed by atoms with Crippen LogP contribution in [0.3, 0.4) is 0 Å². The zero-order valence-electron chi connectivity index (χ0n) is 9.70. The van der Waals surface area contributed by atoms with Crippen LogP contribution in [0.15, 0.2) is 0 Å². The maximum Gasteiger partial charge on any atom is 0.248 e. The number of piperidine rings is 1. The van der Waals surface area contributed by atoms with Crippen LogP contribution >= 0.6 is 11.6 Å². The molecule has 1 amide bonds. The van der Waals surface area contributed by atoms with Crippen molar-refractivity contribution in [2.75, 3.05) is 19.7 Å². The van der Waals surface area contributed by atoms with Gasteiger partial charge in [0, 0.05) is 18.5 Å². The van der Waals surface area contributed by atoms with E-state index in [0.717, 1.165) is 19.5 Å². The van der Waals surface area contributed by atoms with E-state index in [0.29, 0.717) is 5.92 Å². The average molecular weight is 234 g/mol. The number of hydrogen-bond donors (Lipinski definition) is 0. The van der Waals surface area contributed by atoms with E-state index in [1.807, 2.05) is 18.7 Å². The summed E-state index contributed by atoms with van der Waals surface area (Å²) in [6.45, 7) is 7.66. The second-order valence-electron chi connectivity index (χ2n) is 4.48. The summed E-state index contributed by atoms with van der Waals surface area (Å²) in [5.41, 5.74) is 0. The first-order chi connectivity index (χ1) is 7.00. The van der Waals surface area contributed by atoms with Crippen molar-refractivity contribution in [3.05, 3.63) is 0 Å². The summed E-state index contributed by atoms with van der Waals surface area (Å²) in [6.07, 6.45) is 0.993. The molecular formula is C11H20ClNO2. The third-order valence-corrected chi connectivity index (χ3v) is 3.34. The first kappa shape index (κ1) is 12.8. The van der Waals surface area contributed by atoms with Crippen LogP contribution in [0.4, 0.5) is 0 Å². The van der Waals surface area contributed by atoms with Crippen LogP contribution in [-0.4, -0.2) is 42.0 Å². The Bertz CT molecular complexity index is 221. The van der Waals surface area contributed by atoms with Gasteiger partial charge in [0.1, 0.15) is 6.61 Å². The van der Waals surface area contributed by atoms with Crippen molar-refractivity contribution >= 4 is 17.5 Å². The summed E-state index contributed by atoms with van der Waals surface area (Å²) in [4.78, 5) is 13.6. The molecule has 1 aliphatic rings. The minimum atomic E-state index is 0.0825. The molecule has 0 aromatic rings. The molecule has 0 saturated carbocycles. The molecule has 2 unspecified atom stereocenters. The van der Waals surface area contributed by atoms with Crippen molar-refractivity contribution < 1.29 is 9.53 Å². The van der Waals surface area contributed by atoms with E-state index in [1.54, 1.807) is 0 Å². The van der Waals surface area contributed by atoms with Gasteiger partial charge in [0.25, 0.3) is 0 Å². The highest BCUT2D eigenvalue weighted by Gasteiger charge is 2.27. The standard InChI is InChI=1S/C11H20ClNO2/c1-8(2)15-7-11(14)13-5-4-10(12)9(3)6-13/h8-10H,4-7H2,1-3H3. The normalized spacial score (nSPS) is 27.1. The Hall–Kier alpha value is -0.280. The Morgan fingerprint density at radius 1 is 1.60 bits per heavy atom. The Morgan fingerprint density at radius 3 is 2.80 bits per heavy atom. The predicted molar refractivity (Wildman–Crippen MR) is 61.1 cm³/mol. The fraction of sp³-hybridized carbons (Fsp3) is 0.909. The lowest BCUT2D eigenvalue weighted by Gasteiger charge is -2.34. The minimum Gasteiger partial charge on any atom is -0.369 e. The lowest BCUT2D eigenvalue weighted by molar-refractivity contribution is -0.139. The largest absolute Gasteiger partial charge is 0.369 e. The second kappa shape index (κ2) is 5.71. The maximum absolute atomic E-state index is 11.7. The third kappa shape index (κ3) is 3.99. The minimum absolute atomic E-state index is 0.0825. The smallest absolute Gasteiger partial charge is 0.248 e. The molecule has 1 aliphatic heterocycles. The number of carbonyl (C=O) groups is 1. The zero-order chi connectivity index (χ0) is 11.4. The molecular weight excluding hydrogens is 214 g/mol. The highest BCUT2D eigenvalue weighted by Crippen LogP contribution is 2.21. The molecule has 0 aromatic heterocycles. The summed E-state index contributed by atoms with van der Waals surface area (Å²) in [7, 11) is 0. The SMILES string of the molecule is CC(C)OCC(=O)N1CCC(Cl)C(C)C1. The van der Waals surface area contributed by atoms with Crippen LogP contribution in [0, 0.1) is 5.92 Å².